The average Bonchev–Trinajstić information content (AvgIpc) is 2.38. The Hall–Kier alpha value is -1.48. The summed E-state index contributed by atoms with van der Waals surface area (Å²) in [6.07, 6.45) is 14.3. The fraction of sp³-hybridized carbons (Fsp3) is 0.385. The van der Waals surface area contributed by atoms with Crippen molar-refractivity contribution in [2.45, 2.75) is 19.3 Å². The second-order valence-corrected chi connectivity index (χ2v) is 3.88. The zero-order valence-corrected chi connectivity index (χ0v) is 9.26. The van der Waals surface area contributed by atoms with Crippen LogP contribution in [-0.4, -0.2) is 6.54 Å². The monoisotopic (exact) mass is 219 g/mol. The highest BCUT2D eigenvalue weighted by Crippen LogP contribution is 2.31. The number of allylic oxidation sites excluding steroid dienone is 4. The highest BCUT2D eigenvalue weighted by atomic mass is 16.5. The molecule has 1 aliphatic carbocycles. The smallest absolute Gasteiger partial charge is 0.145 e. The lowest BCUT2D eigenvalue weighted by molar-refractivity contribution is 0.224. The molecule has 2 rings (SSSR count). The molecule has 0 saturated heterocycles. The van der Waals surface area contributed by atoms with Crippen LogP contribution in [0.4, 0.5) is 0 Å². The Morgan fingerprint density at radius 2 is 2.31 bits per heavy atom. The molecule has 0 bridgehead atoms. The SMILES string of the molecule is NCCC(C1=CC=CCC1)C1=COC=CO1. The molecule has 0 aromatic heterocycles. The third kappa shape index (κ3) is 2.55. The third-order valence-electron chi connectivity index (χ3n) is 2.81. The van der Waals surface area contributed by atoms with Crippen molar-refractivity contribution in [3.05, 3.63) is 48.3 Å². The number of hydrogen-bond acceptors (Lipinski definition) is 3. The number of rotatable bonds is 4. The summed E-state index contributed by atoms with van der Waals surface area (Å²) in [6.45, 7) is 0.649. The van der Waals surface area contributed by atoms with Crippen LogP contribution in [0.15, 0.2) is 48.3 Å². The fourth-order valence-electron chi connectivity index (χ4n) is 2.03. The average molecular weight is 219 g/mol. The molecule has 0 radical (unpaired) electrons. The lowest BCUT2D eigenvalue weighted by Gasteiger charge is -2.23. The quantitative estimate of drug-likeness (QED) is 0.790. The van der Waals surface area contributed by atoms with E-state index in [0.29, 0.717) is 6.54 Å². The second kappa shape index (κ2) is 5.56. The van der Waals surface area contributed by atoms with Crippen molar-refractivity contribution in [1.82, 2.24) is 0 Å². The van der Waals surface area contributed by atoms with Gasteiger partial charge in [-0.3, -0.25) is 0 Å². The van der Waals surface area contributed by atoms with Gasteiger partial charge >= 0.3 is 0 Å². The van der Waals surface area contributed by atoms with E-state index in [1.807, 2.05) is 0 Å². The van der Waals surface area contributed by atoms with E-state index in [-0.39, 0.29) is 5.92 Å². The molecule has 2 N–H and O–H groups in total. The van der Waals surface area contributed by atoms with Crippen LogP contribution in [0, 0.1) is 5.92 Å². The van der Waals surface area contributed by atoms with E-state index in [4.69, 9.17) is 15.2 Å². The summed E-state index contributed by atoms with van der Waals surface area (Å²) in [6, 6.07) is 0. The first kappa shape index (κ1) is 11.0. The van der Waals surface area contributed by atoms with E-state index in [0.717, 1.165) is 25.0 Å². The molecule has 0 amide bonds. The van der Waals surface area contributed by atoms with Gasteiger partial charge in [0.2, 0.25) is 0 Å². The van der Waals surface area contributed by atoms with Crippen LogP contribution in [0.1, 0.15) is 19.3 Å². The Morgan fingerprint density at radius 1 is 1.38 bits per heavy atom. The Morgan fingerprint density at radius 3 is 2.94 bits per heavy atom. The van der Waals surface area contributed by atoms with Crippen molar-refractivity contribution in [2.24, 2.45) is 11.7 Å². The summed E-state index contributed by atoms with van der Waals surface area (Å²) >= 11 is 0. The van der Waals surface area contributed by atoms with E-state index >= 15 is 0 Å². The predicted octanol–water partition coefficient (Wildman–Crippen LogP) is 2.59. The Bertz CT molecular complexity index is 353. The minimum Gasteiger partial charge on any atom is -0.466 e. The summed E-state index contributed by atoms with van der Waals surface area (Å²) in [4.78, 5) is 0. The van der Waals surface area contributed by atoms with Gasteiger partial charge in [0.05, 0.1) is 0 Å². The van der Waals surface area contributed by atoms with E-state index in [2.05, 4.69) is 18.2 Å². The van der Waals surface area contributed by atoms with Gasteiger partial charge in [-0.25, -0.2) is 0 Å². The molecular formula is C13H17NO2. The minimum absolute atomic E-state index is 0.250. The van der Waals surface area contributed by atoms with E-state index < -0.39 is 0 Å². The largest absolute Gasteiger partial charge is 0.466 e. The molecule has 0 spiro atoms. The van der Waals surface area contributed by atoms with Gasteiger partial charge in [-0.05, 0) is 25.8 Å². The van der Waals surface area contributed by atoms with Gasteiger partial charge in [0.1, 0.15) is 24.5 Å². The summed E-state index contributed by atoms with van der Waals surface area (Å²) in [5.74, 6) is 1.11. The maximum absolute atomic E-state index is 5.66. The molecule has 0 fully saturated rings. The van der Waals surface area contributed by atoms with E-state index in [9.17, 15) is 0 Å². The summed E-state index contributed by atoms with van der Waals surface area (Å²) in [5, 5.41) is 0. The molecule has 1 aliphatic heterocycles. The van der Waals surface area contributed by atoms with Crippen LogP contribution in [0.25, 0.3) is 0 Å². The van der Waals surface area contributed by atoms with Crippen LogP contribution in [0.3, 0.4) is 0 Å². The first-order valence-electron chi connectivity index (χ1n) is 5.64. The minimum atomic E-state index is 0.250. The predicted molar refractivity (Wildman–Crippen MR) is 63.0 cm³/mol. The Kier molecular flexibility index (Phi) is 3.83. The molecule has 0 aromatic carbocycles. The van der Waals surface area contributed by atoms with Crippen molar-refractivity contribution in [2.75, 3.05) is 6.54 Å². The van der Waals surface area contributed by atoms with E-state index in [1.165, 1.54) is 11.8 Å². The maximum atomic E-state index is 5.66. The third-order valence-corrected chi connectivity index (χ3v) is 2.81. The molecule has 1 heterocycles. The van der Waals surface area contributed by atoms with Crippen molar-refractivity contribution >= 4 is 0 Å². The first-order chi connectivity index (χ1) is 7.92. The molecule has 0 saturated carbocycles. The Labute approximate surface area is 95.9 Å². The van der Waals surface area contributed by atoms with Crippen molar-refractivity contribution < 1.29 is 9.47 Å². The summed E-state index contributed by atoms with van der Waals surface area (Å²) in [7, 11) is 0. The van der Waals surface area contributed by atoms with Gasteiger partial charge in [-0.1, -0.05) is 23.8 Å². The molecule has 1 unspecified atom stereocenters. The highest BCUT2D eigenvalue weighted by molar-refractivity contribution is 5.25. The zero-order valence-electron chi connectivity index (χ0n) is 9.26. The number of hydrogen-bond donors (Lipinski definition) is 1. The Balaban J connectivity index is 2.12. The lowest BCUT2D eigenvalue weighted by atomic mass is 9.88. The number of nitrogens with two attached hydrogens (primary N) is 1. The molecule has 3 heteroatoms. The van der Waals surface area contributed by atoms with Gasteiger partial charge in [-0.15, -0.1) is 0 Å². The number of ether oxygens (including phenoxy) is 2. The summed E-state index contributed by atoms with van der Waals surface area (Å²) < 4.78 is 10.6. The maximum Gasteiger partial charge on any atom is 0.145 e. The molecule has 16 heavy (non-hydrogen) atoms. The first-order valence-corrected chi connectivity index (χ1v) is 5.64. The van der Waals surface area contributed by atoms with Crippen LogP contribution in [0.5, 0.6) is 0 Å². The fourth-order valence-corrected chi connectivity index (χ4v) is 2.03. The lowest BCUT2D eigenvalue weighted by Crippen LogP contribution is -2.16. The van der Waals surface area contributed by atoms with Crippen LogP contribution < -0.4 is 5.73 Å². The van der Waals surface area contributed by atoms with Gasteiger partial charge in [0.15, 0.2) is 0 Å². The molecule has 2 aliphatic rings. The van der Waals surface area contributed by atoms with Crippen molar-refractivity contribution in [1.29, 1.82) is 0 Å². The van der Waals surface area contributed by atoms with Gasteiger partial charge in [-0.2, -0.15) is 0 Å². The standard InChI is InChI=1S/C13H17NO2/c14-7-6-12(11-4-2-1-3-5-11)13-10-15-8-9-16-13/h1-2,4,8-10,12H,3,5-7,14H2. The van der Waals surface area contributed by atoms with Gasteiger partial charge in [0, 0.05) is 5.92 Å². The molecule has 86 valence electrons. The van der Waals surface area contributed by atoms with Crippen LogP contribution in [-0.2, 0) is 9.47 Å². The molecule has 3 nitrogen and oxygen atoms in total. The van der Waals surface area contributed by atoms with E-state index in [1.54, 1.807) is 12.5 Å². The van der Waals surface area contributed by atoms with Crippen molar-refractivity contribution in [3.8, 4) is 0 Å². The topological polar surface area (TPSA) is 44.5 Å². The van der Waals surface area contributed by atoms with Gasteiger partial charge < -0.3 is 15.2 Å². The molecular weight excluding hydrogens is 202 g/mol. The van der Waals surface area contributed by atoms with Gasteiger partial charge in [0.25, 0.3) is 0 Å². The summed E-state index contributed by atoms with van der Waals surface area (Å²) in [5.41, 5.74) is 7.03. The van der Waals surface area contributed by atoms with Crippen LogP contribution in [0.2, 0.25) is 0 Å². The zero-order chi connectivity index (χ0) is 11.2. The normalized spacial score (nSPS) is 20.6. The van der Waals surface area contributed by atoms with Crippen molar-refractivity contribution in [3.63, 3.8) is 0 Å². The van der Waals surface area contributed by atoms with Crippen LogP contribution >= 0.6 is 0 Å². The molecule has 1 atom stereocenters. The second-order valence-electron chi connectivity index (χ2n) is 3.88. The highest BCUT2D eigenvalue weighted by Gasteiger charge is 2.21. The molecule has 0 aromatic rings.